The van der Waals surface area contributed by atoms with Gasteiger partial charge in [0.05, 0.1) is 35.7 Å². The minimum atomic E-state index is -0.328. The van der Waals surface area contributed by atoms with Crippen LogP contribution in [0.5, 0.6) is 11.5 Å². The summed E-state index contributed by atoms with van der Waals surface area (Å²) in [4.78, 5) is 0. The van der Waals surface area contributed by atoms with Gasteiger partial charge in [-0.2, -0.15) is 0 Å². The van der Waals surface area contributed by atoms with E-state index in [1.54, 1.807) is 0 Å². The summed E-state index contributed by atoms with van der Waals surface area (Å²) >= 11 is 47.5. The van der Waals surface area contributed by atoms with E-state index in [0.717, 1.165) is 0 Å². The molecule has 1 N–H and O–H groups in total. The van der Waals surface area contributed by atoms with Crippen LogP contribution in [0.4, 0.5) is 0 Å². The van der Waals surface area contributed by atoms with Crippen LogP contribution in [-0.4, -0.2) is 5.11 Å². The van der Waals surface area contributed by atoms with Crippen molar-refractivity contribution in [2.24, 2.45) is 0 Å². The number of halogens is 8. The predicted molar refractivity (Wildman–Crippen MR) is 95.1 cm³/mol. The van der Waals surface area contributed by atoms with Crippen LogP contribution in [0.2, 0.25) is 35.2 Å². The maximum Gasteiger partial charge on any atom is 0.176 e. The SMILES string of the molecule is Oc1cc(Cl)c(Cl)c(Cl)c1-c1c(Cl)c(Cl)c(Cl)c(Cl)c1OCl. The van der Waals surface area contributed by atoms with Gasteiger partial charge in [0.2, 0.25) is 0 Å². The van der Waals surface area contributed by atoms with E-state index in [1.807, 2.05) is 0 Å². The van der Waals surface area contributed by atoms with Gasteiger partial charge in [0.15, 0.2) is 5.75 Å². The number of phenols is 1. The van der Waals surface area contributed by atoms with E-state index in [4.69, 9.17) is 97.4 Å². The van der Waals surface area contributed by atoms with E-state index in [2.05, 4.69) is 0 Å². The summed E-state index contributed by atoms with van der Waals surface area (Å²) in [5.74, 6) is -0.468. The highest BCUT2D eigenvalue weighted by molar-refractivity contribution is 6.54. The molecule has 2 rings (SSSR count). The second kappa shape index (κ2) is 7.08. The second-order valence-corrected chi connectivity index (χ2v) is 6.75. The van der Waals surface area contributed by atoms with Crippen molar-refractivity contribution >= 4 is 93.1 Å². The number of aromatic hydroxyl groups is 1. The molecule has 10 heteroatoms. The summed E-state index contributed by atoms with van der Waals surface area (Å²) in [5, 5.41) is 9.77. The topological polar surface area (TPSA) is 29.5 Å². The van der Waals surface area contributed by atoms with Crippen LogP contribution in [0.1, 0.15) is 0 Å². The third kappa shape index (κ3) is 3.01. The largest absolute Gasteiger partial charge is 0.507 e. The Morgan fingerprint density at radius 1 is 0.682 bits per heavy atom. The molecule has 0 unspecified atom stereocenters. The van der Waals surface area contributed by atoms with Crippen LogP contribution in [0, 0.1) is 0 Å². The number of rotatable bonds is 2. The fraction of sp³-hybridized carbons (Fsp3) is 0. The Morgan fingerprint density at radius 3 is 1.73 bits per heavy atom. The van der Waals surface area contributed by atoms with Gasteiger partial charge in [0.1, 0.15) is 22.6 Å². The molecule has 0 fully saturated rings. The highest BCUT2D eigenvalue weighted by Gasteiger charge is 2.28. The second-order valence-electron chi connectivity index (χ2n) is 3.92. The van der Waals surface area contributed by atoms with Crippen molar-refractivity contribution in [1.29, 1.82) is 0 Å². The van der Waals surface area contributed by atoms with Gasteiger partial charge in [-0.1, -0.05) is 81.2 Å². The first-order valence-corrected chi connectivity index (χ1v) is 8.19. The zero-order valence-corrected chi connectivity index (χ0v) is 16.0. The van der Waals surface area contributed by atoms with Gasteiger partial charge in [-0.25, -0.2) is 0 Å². The van der Waals surface area contributed by atoms with Crippen LogP contribution in [-0.2, 0) is 0 Å². The van der Waals surface area contributed by atoms with E-state index in [-0.39, 0.29) is 57.8 Å². The van der Waals surface area contributed by atoms with Gasteiger partial charge in [0.25, 0.3) is 0 Å². The average molecular weight is 462 g/mol. The highest BCUT2D eigenvalue weighted by atomic mass is 35.5. The quantitative estimate of drug-likeness (QED) is 0.361. The molecule has 0 radical (unpaired) electrons. The summed E-state index contributed by atoms with van der Waals surface area (Å²) < 4.78 is 4.69. The summed E-state index contributed by atoms with van der Waals surface area (Å²) in [5.41, 5.74) is 0.0225. The minimum absolute atomic E-state index is 0.00261. The van der Waals surface area contributed by atoms with Crippen molar-refractivity contribution in [2.75, 3.05) is 0 Å². The molecular formula is C12H2Cl8O2. The normalized spacial score (nSPS) is 10.9. The van der Waals surface area contributed by atoms with Crippen LogP contribution in [0.3, 0.4) is 0 Å². The van der Waals surface area contributed by atoms with E-state index in [1.165, 1.54) is 6.07 Å². The van der Waals surface area contributed by atoms with Gasteiger partial charge in [0, 0.05) is 11.6 Å². The van der Waals surface area contributed by atoms with Crippen LogP contribution < -0.4 is 4.29 Å². The smallest absolute Gasteiger partial charge is 0.176 e. The monoisotopic (exact) mass is 458 g/mol. The van der Waals surface area contributed by atoms with E-state index in [9.17, 15) is 5.11 Å². The Labute approximate surface area is 165 Å². The minimum Gasteiger partial charge on any atom is -0.507 e. The predicted octanol–water partition coefficient (Wildman–Crippen LogP) is 8.17. The lowest BCUT2D eigenvalue weighted by Gasteiger charge is -2.17. The van der Waals surface area contributed by atoms with Crippen LogP contribution in [0.15, 0.2) is 6.07 Å². The van der Waals surface area contributed by atoms with E-state index >= 15 is 0 Å². The van der Waals surface area contributed by atoms with Gasteiger partial charge in [-0.15, -0.1) is 0 Å². The highest BCUT2D eigenvalue weighted by Crippen LogP contribution is 2.55. The molecule has 0 aliphatic heterocycles. The molecule has 0 saturated carbocycles. The molecule has 0 atom stereocenters. The summed E-state index contributed by atoms with van der Waals surface area (Å²) in [6.45, 7) is 0. The lowest BCUT2D eigenvalue weighted by Crippen LogP contribution is -1.92. The Morgan fingerprint density at radius 2 is 1.18 bits per heavy atom. The first-order chi connectivity index (χ1) is 10.2. The molecule has 0 spiro atoms. The molecule has 0 saturated heterocycles. The van der Waals surface area contributed by atoms with Gasteiger partial charge >= 0.3 is 0 Å². The number of phenolic OH excluding ortho intramolecular Hbond substituents is 1. The molecule has 0 amide bonds. The Balaban J connectivity index is 2.99. The van der Waals surface area contributed by atoms with Crippen LogP contribution in [0.25, 0.3) is 11.1 Å². The molecule has 0 heterocycles. The van der Waals surface area contributed by atoms with Gasteiger partial charge < -0.3 is 9.40 Å². The van der Waals surface area contributed by atoms with Crippen molar-refractivity contribution in [3.8, 4) is 22.6 Å². The van der Waals surface area contributed by atoms with Crippen molar-refractivity contribution in [3.05, 3.63) is 41.2 Å². The molecule has 0 aromatic heterocycles. The Hall–Kier alpha value is 0.360. The molecule has 0 aliphatic rings. The lowest BCUT2D eigenvalue weighted by atomic mass is 10.0. The van der Waals surface area contributed by atoms with Crippen molar-refractivity contribution < 1.29 is 9.40 Å². The first-order valence-electron chi connectivity index (χ1n) is 5.23. The van der Waals surface area contributed by atoms with Crippen molar-refractivity contribution in [3.63, 3.8) is 0 Å². The molecule has 0 bridgehead atoms. The molecule has 22 heavy (non-hydrogen) atoms. The van der Waals surface area contributed by atoms with Crippen molar-refractivity contribution in [1.82, 2.24) is 0 Å². The zero-order valence-electron chi connectivity index (χ0n) is 9.96. The summed E-state index contributed by atoms with van der Waals surface area (Å²) in [7, 11) is 0. The maximum absolute atomic E-state index is 10.1. The van der Waals surface area contributed by atoms with E-state index < -0.39 is 0 Å². The average Bonchev–Trinajstić information content (AvgIpc) is 2.48. The lowest BCUT2D eigenvalue weighted by molar-refractivity contribution is 0.477. The zero-order chi connectivity index (χ0) is 16.8. The van der Waals surface area contributed by atoms with Gasteiger partial charge in [-0.05, 0) is 0 Å². The third-order valence-corrected chi connectivity index (χ3v) is 5.89. The molecule has 2 aromatic rings. The molecule has 0 aliphatic carbocycles. The summed E-state index contributed by atoms with van der Waals surface area (Å²) in [6.07, 6.45) is 0. The molecule has 118 valence electrons. The Kier molecular flexibility index (Phi) is 6.02. The van der Waals surface area contributed by atoms with E-state index in [0.29, 0.717) is 0 Å². The number of hydrogen-bond donors (Lipinski definition) is 1. The summed E-state index contributed by atoms with van der Waals surface area (Å²) in [6, 6.07) is 1.18. The molecule has 2 nitrogen and oxygen atoms in total. The fourth-order valence-electron chi connectivity index (χ4n) is 1.73. The first kappa shape index (κ1) is 18.7. The Bertz CT molecular complexity index is 775. The van der Waals surface area contributed by atoms with Crippen molar-refractivity contribution in [2.45, 2.75) is 0 Å². The van der Waals surface area contributed by atoms with Crippen LogP contribution >= 0.6 is 93.1 Å². The maximum atomic E-state index is 10.1. The molecule has 2 aromatic carbocycles. The number of benzene rings is 2. The molecular weight excluding hydrogens is 460 g/mol. The van der Waals surface area contributed by atoms with Gasteiger partial charge in [-0.3, -0.25) is 0 Å². The number of hydrogen-bond acceptors (Lipinski definition) is 2. The fourth-order valence-corrected chi connectivity index (χ4v) is 3.58. The third-order valence-electron chi connectivity index (χ3n) is 2.69. The standard InChI is InChI=1S/C12H2Cl8O2/c13-2-1-3(21)4(7(15)6(2)14)5-8(16)9(17)10(18)11(19)12(5)22-20/h1,21H.